The second kappa shape index (κ2) is 5.27. The van der Waals surface area contributed by atoms with E-state index < -0.39 is 11.0 Å². The summed E-state index contributed by atoms with van der Waals surface area (Å²) in [4.78, 5) is 32.3. The summed E-state index contributed by atoms with van der Waals surface area (Å²) < 4.78 is 0. The first-order chi connectivity index (χ1) is 9.45. The molecule has 0 aromatic carbocycles. The van der Waals surface area contributed by atoms with Crippen molar-refractivity contribution in [1.29, 1.82) is 0 Å². The second-order valence-corrected chi connectivity index (χ2v) is 4.47. The van der Waals surface area contributed by atoms with E-state index in [1.807, 2.05) is 0 Å². The Morgan fingerprint density at radius 3 is 2.80 bits per heavy atom. The summed E-state index contributed by atoms with van der Waals surface area (Å²) in [5.41, 5.74) is 0.105. The fourth-order valence-corrected chi connectivity index (χ4v) is 2.15. The molecule has 9 heteroatoms. The number of aryl methyl sites for hydroxylation is 1. The van der Waals surface area contributed by atoms with E-state index in [0.717, 1.165) is 0 Å². The Bertz CT molecular complexity index is 561. The Balaban J connectivity index is 2.55. The van der Waals surface area contributed by atoms with Gasteiger partial charge in [-0.3, -0.25) is 14.9 Å². The number of carbonyl (C=O) groups excluding carboxylic acids is 1. The van der Waals surface area contributed by atoms with Crippen molar-refractivity contribution in [2.75, 3.05) is 30.4 Å². The van der Waals surface area contributed by atoms with Gasteiger partial charge in [-0.1, -0.05) is 0 Å². The molecule has 108 valence electrons. The molecule has 1 aromatic heterocycles. The fraction of sp³-hybridized carbons (Fsp3) is 0.545. The summed E-state index contributed by atoms with van der Waals surface area (Å²) in [5.74, 6) is 0.295. The standard InChI is InChI=1S/C11H16N6O3/c1-6-8(17(19)20)9(15-11(12-3)14-6)16-5-4-13-10(18)7(16)2/h7H,4-5H2,1-3H3,(H,13,18)(H,12,14,15). The normalized spacial score (nSPS) is 18.6. The minimum Gasteiger partial charge on any atom is -0.357 e. The third-order valence-corrected chi connectivity index (χ3v) is 3.22. The van der Waals surface area contributed by atoms with Gasteiger partial charge in [0, 0.05) is 20.1 Å². The highest BCUT2D eigenvalue weighted by molar-refractivity contribution is 5.86. The highest BCUT2D eigenvalue weighted by Gasteiger charge is 2.33. The lowest BCUT2D eigenvalue weighted by Gasteiger charge is -2.33. The first-order valence-corrected chi connectivity index (χ1v) is 6.20. The van der Waals surface area contributed by atoms with Crippen LogP contribution >= 0.6 is 0 Å². The van der Waals surface area contributed by atoms with E-state index in [1.165, 1.54) is 0 Å². The van der Waals surface area contributed by atoms with Gasteiger partial charge in [-0.25, -0.2) is 4.98 Å². The van der Waals surface area contributed by atoms with Crippen LogP contribution in [0.1, 0.15) is 12.6 Å². The summed E-state index contributed by atoms with van der Waals surface area (Å²) in [7, 11) is 1.64. The van der Waals surface area contributed by atoms with Crippen molar-refractivity contribution >= 4 is 23.4 Å². The molecule has 1 saturated heterocycles. The summed E-state index contributed by atoms with van der Waals surface area (Å²) >= 11 is 0. The summed E-state index contributed by atoms with van der Waals surface area (Å²) in [6, 6.07) is -0.513. The van der Waals surface area contributed by atoms with Crippen molar-refractivity contribution in [2.24, 2.45) is 0 Å². The fourth-order valence-electron chi connectivity index (χ4n) is 2.15. The molecule has 2 rings (SSSR count). The van der Waals surface area contributed by atoms with Crippen molar-refractivity contribution in [3.05, 3.63) is 15.8 Å². The molecule has 0 aliphatic carbocycles. The highest BCUT2D eigenvalue weighted by atomic mass is 16.6. The zero-order valence-electron chi connectivity index (χ0n) is 11.5. The summed E-state index contributed by atoms with van der Waals surface area (Å²) in [5, 5.41) is 16.7. The molecule has 1 amide bonds. The lowest BCUT2D eigenvalue weighted by atomic mass is 10.2. The smallest absolute Gasteiger partial charge is 0.332 e. The predicted octanol–water partition coefficient (Wildman–Crippen LogP) is 0.0596. The number of nitrogens with one attached hydrogen (secondary N) is 2. The van der Waals surface area contributed by atoms with Gasteiger partial charge in [-0.2, -0.15) is 4.98 Å². The van der Waals surface area contributed by atoms with Gasteiger partial charge in [-0.15, -0.1) is 0 Å². The topological polar surface area (TPSA) is 113 Å². The van der Waals surface area contributed by atoms with Gasteiger partial charge in [0.15, 0.2) is 0 Å². The number of aromatic nitrogens is 2. The monoisotopic (exact) mass is 280 g/mol. The Hall–Kier alpha value is -2.45. The largest absolute Gasteiger partial charge is 0.357 e. The van der Waals surface area contributed by atoms with Gasteiger partial charge in [0.05, 0.1) is 4.92 Å². The number of carbonyl (C=O) groups is 1. The van der Waals surface area contributed by atoms with Crippen molar-refractivity contribution in [3.8, 4) is 0 Å². The molecule has 0 saturated carbocycles. The van der Waals surface area contributed by atoms with Gasteiger partial charge < -0.3 is 15.5 Å². The average molecular weight is 280 g/mol. The number of hydrogen-bond acceptors (Lipinski definition) is 7. The van der Waals surface area contributed by atoms with E-state index in [1.54, 1.807) is 25.8 Å². The van der Waals surface area contributed by atoms with Crippen molar-refractivity contribution in [3.63, 3.8) is 0 Å². The van der Waals surface area contributed by atoms with Crippen LogP contribution in [-0.4, -0.2) is 47.0 Å². The van der Waals surface area contributed by atoms with Crippen LogP contribution in [0.25, 0.3) is 0 Å². The molecular weight excluding hydrogens is 264 g/mol. The molecule has 1 aliphatic heterocycles. The SMILES string of the molecule is CNc1nc(C)c([N+](=O)[O-])c(N2CCNC(=O)C2C)n1. The Morgan fingerprint density at radius 2 is 2.20 bits per heavy atom. The van der Waals surface area contributed by atoms with E-state index in [4.69, 9.17) is 0 Å². The number of piperazine rings is 1. The zero-order valence-corrected chi connectivity index (χ0v) is 11.5. The van der Waals surface area contributed by atoms with Gasteiger partial charge in [0.1, 0.15) is 11.7 Å². The van der Waals surface area contributed by atoms with Crippen LogP contribution in [0.3, 0.4) is 0 Å². The van der Waals surface area contributed by atoms with E-state index in [9.17, 15) is 14.9 Å². The quantitative estimate of drug-likeness (QED) is 0.594. The lowest BCUT2D eigenvalue weighted by Crippen LogP contribution is -2.54. The molecule has 0 spiro atoms. The Kier molecular flexibility index (Phi) is 3.68. The Labute approximate surface area is 115 Å². The first-order valence-electron chi connectivity index (χ1n) is 6.20. The molecule has 1 aromatic rings. The molecule has 0 bridgehead atoms. The maximum Gasteiger partial charge on any atom is 0.332 e. The van der Waals surface area contributed by atoms with Crippen LogP contribution in [0, 0.1) is 17.0 Å². The number of rotatable bonds is 3. The molecule has 9 nitrogen and oxygen atoms in total. The molecule has 0 radical (unpaired) electrons. The first kappa shape index (κ1) is 14.0. The van der Waals surface area contributed by atoms with Crippen LogP contribution in [0.2, 0.25) is 0 Å². The second-order valence-electron chi connectivity index (χ2n) is 4.47. The van der Waals surface area contributed by atoms with Crippen LogP contribution in [-0.2, 0) is 4.79 Å². The van der Waals surface area contributed by atoms with Crippen molar-refractivity contribution in [2.45, 2.75) is 19.9 Å². The van der Waals surface area contributed by atoms with Crippen LogP contribution in [0.4, 0.5) is 17.5 Å². The maximum atomic E-state index is 11.7. The number of hydrogen-bond donors (Lipinski definition) is 2. The third-order valence-electron chi connectivity index (χ3n) is 3.22. The average Bonchev–Trinajstić information content (AvgIpc) is 2.40. The molecule has 1 aliphatic rings. The highest BCUT2D eigenvalue weighted by Crippen LogP contribution is 2.31. The number of amides is 1. The van der Waals surface area contributed by atoms with Gasteiger partial charge in [-0.05, 0) is 13.8 Å². The summed E-state index contributed by atoms with van der Waals surface area (Å²) in [6.45, 7) is 4.14. The number of anilines is 2. The van der Waals surface area contributed by atoms with E-state index in [0.29, 0.717) is 19.0 Å². The van der Waals surface area contributed by atoms with Crippen LogP contribution < -0.4 is 15.5 Å². The summed E-state index contributed by atoms with van der Waals surface area (Å²) in [6.07, 6.45) is 0. The molecular formula is C11H16N6O3. The number of nitrogens with zero attached hydrogens (tertiary/aromatic N) is 4. The van der Waals surface area contributed by atoms with E-state index in [2.05, 4.69) is 20.6 Å². The van der Waals surface area contributed by atoms with Gasteiger partial charge in [0.25, 0.3) is 0 Å². The predicted molar refractivity (Wildman–Crippen MR) is 72.8 cm³/mol. The lowest BCUT2D eigenvalue weighted by molar-refractivity contribution is -0.385. The third kappa shape index (κ3) is 2.33. The Morgan fingerprint density at radius 1 is 1.50 bits per heavy atom. The van der Waals surface area contributed by atoms with E-state index in [-0.39, 0.29) is 23.1 Å². The maximum absolute atomic E-state index is 11.7. The van der Waals surface area contributed by atoms with Crippen molar-refractivity contribution < 1.29 is 9.72 Å². The van der Waals surface area contributed by atoms with Crippen molar-refractivity contribution in [1.82, 2.24) is 15.3 Å². The zero-order chi connectivity index (χ0) is 14.9. The molecule has 2 heterocycles. The number of nitro groups is 1. The van der Waals surface area contributed by atoms with Gasteiger partial charge >= 0.3 is 5.69 Å². The van der Waals surface area contributed by atoms with E-state index >= 15 is 0 Å². The van der Waals surface area contributed by atoms with Crippen LogP contribution in [0.15, 0.2) is 0 Å². The van der Waals surface area contributed by atoms with Crippen LogP contribution in [0.5, 0.6) is 0 Å². The molecule has 1 atom stereocenters. The minimum atomic E-state index is -0.513. The molecule has 1 unspecified atom stereocenters. The van der Waals surface area contributed by atoms with Gasteiger partial charge in [0.2, 0.25) is 17.7 Å². The minimum absolute atomic E-state index is 0.162. The molecule has 2 N–H and O–H groups in total. The molecule has 20 heavy (non-hydrogen) atoms. The molecule has 1 fully saturated rings.